The van der Waals surface area contributed by atoms with Gasteiger partial charge in [0.25, 0.3) is 0 Å². The van der Waals surface area contributed by atoms with Crippen LogP contribution in [0.2, 0.25) is 0 Å². The van der Waals surface area contributed by atoms with Crippen molar-refractivity contribution in [2.24, 2.45) is 5.92 Å². The first-order valence-corrected chi connectivity index (χ1v) is 8.23. The summed E-state index contributed by atoms with van der Waals surface area (Å²) in [5.74, 6) is 0.168. The van der Waals surface area contributed by atoms with Crippen molar-refractivity contribution in [1.82, 2.24) is 10.2 Å². The number of rotatable bonds is 7. The Labute approximate surface area is 122 Å². The maximum atomic E-state index is 11.3. The molecule has 2 unspecified atom stereocenters. The summed E-state index contributed by atoms with van der Waals surface area (Å²) in [4.78, 5) is 13.9. The quantitative estimate of drug-likeness (QED) is 0.753. The molecule has 2 fully saturated rings. The Balaban J connectivity index is 1.79. The summed E-state index contributed by atoms with van der Waals surface area (Å²) in [6.07, 6.45) is 9.97. The summed E-state index contributed by atoms with van der Waals surface area (Å²) in [6.45, 7) is 4.06. The summed E-state index contributed by atoms with van der Waals surface area (Å²) in [7, 11) is 1.74. The standard InChI is InChI=1S/C16H30N2O2/c1-16(17-2,15(19)20)10-6-12-18-11-5-9-14(18)13-7-3-4-8-13/h13-14,17H,3-12H2,1-2H3,(H,19,20). The van der Waals surface area contributed by atoms with Gasteiger partial charge < -0.3 is 15.3 Å². The SMILES string of the molecule is CNC(C)(CCCN1CCCC1C1CCCC1)C(=O)O. The minimum Gasteiger partial charge on any atom is -0.480 e. The zero-order valence-electron chi connectivity index (χ0n) is 13.0. The fourth-order valence-electron chi connectivity index (χ4n) is 3.98. The van der Waals surface area contributed by atoms with Gasteiger partial charge in [0.15, 0.2) is 0 Å². The number of nitrogens with zero attached hydrogens (tertiary/aromatic N) is 1. The normalized spacial score (nSPS) is 27.8. The molecule has 2 rings (SSSR count). The van der Waals surface area contributed by atoms with Crippen LogP contribution in [0, 0.1) is 5.92 Å². The van der Waals surface area contributed by atoms with E-state index >= 15 is 0 Å². The second kappa shape index (κ2) is 6.90. The third-order valence-corrected chi connectivity index (χ3v) is 5.50. The number of hydrogen-bond donors (Lipinski definition) is 2. The van der Waals surface area contributed by atoms with Crippen LogP contribution in [-0.4, -0.2) is 47.7 Å². The number of aliphatic carboxylic acids is 1. The Bertz CT molecular complexity index is 328. The van der Waals surface area contributed by atoms with Crippen LogP contribution in [-0.2, 0) is 4.79 Å². The highest BCUT2D eigenvalue weighted by Gasteiger charge is 2.34. The van der Waals surface area contributed by atoms with E-state index in [9.17, 15) is 9.90 Å². The van der Waals surface area contributed by atoms with Gasteiger partial charge in [0.2, 0.25) is 0 Å². The van der Waals surface area contributed by atoms with Crippen LogP contribution in [0.5, 0.6) is 0 Å². The van der Waals surface area contributed by atoms with Gasteiger partial charge in [-0.15, -0.1) is 0 Å². The molecule has 1 aliphatic heterocycles. The molecule has 0 aromatic rings. The van der Waals surface area contributed by atoms with E-state index in [0.29, 0.717) is 6.42 Å². The fourth-order valence-corrected chi connectivity index (χ4v) is 3.98. The smallest absolute Gasteiger partial charge is 0.323 e. The molecule has 4 heteroatoms. The predicted octanol–water partition coefficient (Wildman–Crippen LogP) is 2.48. The van der Waals surface area contributed by atoms with E-state index in [1.165, 1.54) is 45.1 Å². The topological polar surface area (TPSA) is 52.6 Å². The maximum Gasteiger partial charge on any atom is 0.323 e. The lowest BCUT2D eigenvalue weighted by molar-refractivity contribution is -0.144. The van der Waals surface area contributed by atoms with Gasteiger partial charge in [-0.25, -0.2) is 0 Å². The van der Waals surface area contributed by atoms with Crippen molar-refractivity contribution in [1.29, 1.82) is 0 Å². The van der Waals surface area contributed by atoms with E-state index in [2.05, 4.69) is 10.2 Å². The van der Waals surface area contributed by atoms with Crippen LogP contribution < -0.4 is 5.32 Å². The molecule has 1 heterocycles. The molecule has 0 spiro atoms. The Morgan fingerprint density at radius 2 is 2.00 bits per heavy atom. The summed E-state index contributed by atoms with van der Waals surface area (Å²) in [6, 6.07) is 0.781. The van der Waals surface area contributed by atoms with E-state index in [0.717, 1.165) is 24.9 Å². The lowest BCUT2D eigenvalue weighted by Crippen LogP contribution is -2.48. The molecule has 116 valence electrons. The molecule has 0 aromatic carbocycles. The van der Waals surface area contributed by atoms with Gasteiger partial charge in [0, 0.05) is 6.04 Å². The van der Waals surface area contributed by atoms with Gasteiger partial charge in [-0.3, -0.25) is 4.79 Å². The van der Waals surface area contributed by atoms with Crippen LogP contribution in [0.15, 0.2) is 0 Å². The van der Waals surface area contributed by atoms with Crippen molar-refractivity contribution in [3.8, 4) is 0 Å². The number of carboxylic acids is 1. The van der Waals surface area contributed by atoms with Crippen molar-refractivity contribution < 1.29 is 9.90 Å². The van der Waals surface area contributed by atoms with Crippen LogP contribution in [0.1, 0.15) is 58.3 Å². The predicted molar refractivity (Wildman–Crippen MR) is 80.9 cm³/mol. The van der Waals surface area contributed by atoms with Crippen molar-refractivity contribution >= 4 is 5.97 Å². The summed E-state index contributed by atoms with van der Waals surface area (Å²) < 4.78 is 0. The molecule has 0 amide bonds. The molecular formula is C16H30N2O2. The zero-order chi connectivity index (χ0) is 14.6. The minimum absolute atomic E-state index is 0.701. The highest BCUT2D eigenvalue weighted by Crippen LogP contribution is 2.35. The van der Waals surface area contributed by atoms with E-state index < -0.39 is 11.5 Å². The first kappa shape index (κ1) is 15.8. The number of hydrogen-bond acceptors (Lipinski definition) is 3. The summed E-state index contributed by atoms with van der Waals surface area (Å²) >= 11 is 0. The van der Waals surface area contributed by atoms with Crippen molar-refractivity contribution in [3.05, 3.63) is 0 Å². The highest BCUT2D eigenvalue weighted by atomic mass is 16.4. The number of carboxylic acid groups (broad SMARTS) is 1. The van der Waals surface area contributed by atoms with Gasteiger partial charge >= 0.3 is 5.97 Å². The van der Waals surface area contributed by atoms with Gasteiger partial charge in [-0.1, -0.05) is 12.8 Å². The Hall–Kier alpha value is -0.610. The Morgan fingerprint density at radius 1 is 1.30 bits per heavy atom. The molecule has 1 saturated carbocycles. The lowest BCUT2D eigenvalue weighted by Gasteiger charge is -2.31. The first-order chi connectivity index (χ1) is 9.57. The third-order valence-electron chi connectivity index (χ3n) is 5.50. The molecule has 2 aliphatic rings. The highest BCUT2D eigenvalue weighted by molar-refractivity contribution is 5.78. The second-order valence-corrected chi connectivity index (χ2v) is 6.78. The fraction of sp³-hybridized carbons (Fsp3) is 0.938. The molecule has 0 radical (unpaired) electrons. The molecule has 4 nitrogen and oxygen atoms in total. The summed E-state index contributed by atoms with van der Waals surface area (Å²) in [5, 5.41) is 12.2. The molecule has 2 N–H and O–H groups in total. The average molecular weight is 282 g/mol. The van der Waals surface area contributed by atoms with Crippen molar-refractivity contribution in [2.75, 3.05) is 20.1 Å². The Kier molecular flexibility index (Phi) is 5.44. The third kappa shape index (κ3) is 3.53. The molecule has 1 aliphatic carbocycles. The number of likely N-dealkylation sites (N-methyl/N-ethyl adjacent to an activating group) is 1. The Morgan fingerprint density at radius 3 is 2.60 bits per heavy atom. The largest absolute Gasteiger partial charge is 0.480 e. The number of nitrogens with one attached hydrogen (secondary N) is 1. The molecule has 1 saturated heterocycles. The first-order valence-electron chi connectivity index (χ1n) is 8.23. The van der Waals surface area contributed by atoms with Gasteiger partial charge in [-0.2, -0.15) is 0 Å². The minimum atomic E-state index is -0.775. The van der Waals surface area contributed by atoms with E-state index in [1.807, 2.05) is 0 Å². The average Bonchev–Trinajstić information content (AvgIpc) is 3.08. The monoisotopic (exact) mass is 282 g/mol. The van der Waals surface area contributed by atoms with E-state index in [-0.39, 0.29) is 0 Å². The van der Waals surface area contributed by atoms with Gasteiger partial charge in [0.05, 0.1) is 0 Å². The molecule has 2 atom stereocenters. The molecule has 0 aromatic heterocycles. The van der Waals surface area contributed by atoms with Crippen molar-refractivity contribution in [2.45, 2.75) is 69.9 Å². The number of carbonyl (C=O) groups is 1. The maximum absolute atomic E-state index is 11.3. The lowest BCUT2D eigenvalue weighted by atomic mass is 9.94. The molecule has 20 heavy (non-hydrogen) atoms. The van der Waals surface area contributed by atoms with E-state index in [4.69, 9.17) is 0 Å². The number of likely N-dealkylation sites (tertiary alicyclic amines) is 1. The zero-order valence-corrected chi connectivity index (χ0v) is 13.0. The van der Waals surface area contributed by atoms with Crippen LogP contribution in [0.25, 0.3) is 0 Å². The van der Waals surface area contributed by atoms with Crippen molar-refractivity contribution in [3.63, 3.8) is 0 Å². The van der Waals surface area contributed by atoms with Crippen LogP contribution in [0.3, 0.4) is 0 Å². The summed E-state index contributed by atoms with van der Waals surface area (Å²) in [5.41, 5.74) is -0.775. The molecular weight excluding hydrogens is 252 g/mol. The van der Waals surface area contributed by atoms with Gasteiger partial charge in [-0.05, 0) is 71.5 Å². The van der Waals surface area contributed by atoms with Gasteiger partial charge in [0.1, 0.15) is 5.54 Å². The van der Waals surface area contributed by atoms with Crippen LogP contribution >= 0.6 is 0 Å². The second-order valence-electron chi connectivity index (χ2n) is 6.78. The molecule has 0 bridgehead atoms. The van der Waals surface area contributed by atoms with E-state index in [1.54, 1.807) is 14.0 Å². The van der Waals surface area contributed by atoms with Crippen LogP contribution in [0.4, 0.5) is 0 Å².